The Labute approximate surface area is 161 Å². The lowest BCUT2D eigenvalue weighted by atomic mass is 10.2. The Morgan fingerprint density at radius 2 is 1.68 bits per heavy atom. The molecule has 2 aromatic heterocycles. The number of rotatable bonds is 5. The minimum atomic E-state index is -3.78. The maximum Gasteiger partial charge on any atom is 0.264 e. The van der Waals surface area contributed by atoms with Crippen LogP contribution in [0.2, 0.25) is 0 Å². The molecule has 2 heterocycles. The highest BCUT2D eigenvalue weighted by molar-refractivity contribution is 7.92. The van der Waals surface area contributed by atoms with Crippen molar-refractivity contribution >= 4 is 38.4 Å². The summed E-state index contributed by atoms with van der Waals surface area (Å²) < 4.78 is 27.4. The standard InChI is InChI=1S/C19H16N6O2S/c1-13-10-11-20-19(23-13)25-28(26,27)15-8-6-14(7-9-15)24-18-16-4-2-3-5-17(16)21-12-22-18/h2-12H,1H3,(H,20,23,25)(H,21,22,24). The molecule has 2 N–H and O–H groups in total. The van der Waals surface area contributed by atoms with Crippen molar-refractivity contribution in [2.24, 2.45) is 0 Å². The fourth-order valence-electron chi connectivity index (χ4n) is 2.64. The summed E-state index contributed by atoms with van der Waals surface area (Å²) in [6.07, 6.45) is 2.98. The van der Waals surface area contributed by atoms with E-state index < -0.39 is 10.0 Å². The second-order valence-corrected chi connectivity index (χ2v) is 7.70. The van der Waals surface area contributed by atoms with Crippen LogP contribution in [0.25, 0.3) is 10.9 Å². The van der Waals surface area contributed by atoms with Gasteiger partial charge in [-0.15, -0.1) is 0 Å². The van der Waals surface area contributed by atoms with Gasteiger partial charge < -0.3 is 5.32 Å². The van der Waals surface area contributed by atoms with Crippen molar-refractivity contribution in [1.82, 2.24) is 19.9 Å². The average Bonchev–Trinajstić information content (AvgIpc) is 2.68. The van der Waals surface area contributed by atoms with E-state index >= 15 is 0 Å². The number of aryl methyl sites for hydroxylation is 1. The quantitative estimate of drug-likeness (QED) is 0.536. The SMILES string of the molecule is Cc1ccnc(NS(=O)(=O)c2ccc(Nc3ncnc4ccccc34)cc2)n1. The van der Waals surface area contributed by atoms with Gasteiger partial charge in [-0.1, -0.05) is 12.1 Å². The summed E-state index contributed by atoms with van der Waals surface area (Å²) in [6, 6.07) is 15.7. The molecule has 2 aromatic carbocycles. The predicted octanol–water partition coefficient (Wildman–Crippen LogP) is 3.27. The lowest BCUT2D eigenvalue weighted by molar-refractivity contribution is 0.601. The number of aromatic nitrogens is 4. The zero-order valence-corrected chi connectivity index (χ0v) is 15.7. The highest BCUT2D eigenvalue weighted by Gasteiger charge is 2.15. The van der Waals surface area contributed by atoms with E-state index in [9.17, 15) is 8.42 Å². The van der Waals surface area contributed by atoms with Crippen LogP contribution in [-0.4, -0.2) is 28.4 Å². The summed E-state index contributed by atoms with van der Waals surface area (Å²) in [7, 11) is -3.78. The molecule has 0 amide bonds. The van der Waals surface area contributed by atoms with Crippen LogP contribution >= 0.6 is 0 Å². The Hall–Kier alpha value is -3.59. The van der Waals surface area contributed by atoms with E-state index in [0.29, 0.717) is 17.2 Å². The summed E-state index contributed by atoms with van der Waals surface area (Å²) in [5.74, 6) is 0.683. The largest absolute Gasteiger partial charge is 0.340 e. The molecule has 0 aliphatic carbocycles. The van der Waals surface area contributed by atoms with Gasteiger partial charge in [-0.2, -0.15) is 0 Å². The zero-order chi connectivity index (χ0) is 19.6. The molecule has 9 heteroatoms. The summed E-state index contributed by atoms with van der Waals surface area (Å²) in [6.45, 7) is 1.76. The van der Waals surface area contributed by atoms with Crippen LogP contribution in [0.5, 0.6) is 0 Å². The van der Waals surface area contributed by atoms with Crippen molar-refractivity contribution in [3.63, 3.8) is 0 Å². The van der Waals surface area contributed by atoms with Gasteiger partial charge in [0.2, 0.25) is 5.95 Å². The fraction of sp³-hybridized carbons (Fsp3) is 0.0526. The minimum absolute atomic E-state index is 0.0367. The number of hydrogen-bond donors (Lipinski definition) is 2. The first-order chi connectivity index (χ1) is 13.5. The molecule has 4 rings (SSSR count). The maximum absolute atomic E-state index is 12.5. The highest BCUT2D eigenvalue weighted by atomic mass is 32.2. The minimum Gasteiger partial charge on any atom is -0.340 e. The van der Waals surface area contributed by atoms with E-state index in [1.165, 1.54) is 24.7 Å². The Balaban J connectivity index is 1.56. The van der Waals surface area contributed by atoms with Gasteiger partial charge in [-0.25, -0.2) is 33.1 Å². The Morgan fingerprint density at radius 1 is 0.893 bits per heavy atom. The van der Waals surface area contributed by atoms with Crippen molar-refractivity contribution in [1.29, 1.82) is 0 Å². The maximum atomic E-state index is 12.5. The lowest BCUT2D eigenvalue weighted by Crippen LogP contribution is -2.15. The van der Waals surface area contributed by atoms with Crippen LogP contribution in [0.1, 0.15) is 5.69 Å². The van der Waals surface area contributed by atoms with E-state index in [1.807, 2.05) is 24.3 Å². The molecule has 0 saturated heterocycles. The molecule has 0 bridgehead atoms. The third-order valence-electron chi connectivity index (χ3n) is 3.99. The first-order valence-corrected chi connectivity index (χ1v) is 9.89. The van der Waals surface area contributed by atoms with Gasteiger partial charge >= 0.3 is 0 Å². The third kappa shape index (κ3) is 3.74. The van der Waals surface area contributed by atoms with Crippen molar-refractivity contribution in [2.75, 3.05) is 10.0 Å². The molecule has 4 aromatic rings. The summed E-state index contributed by atoms with van der Waals surface area (Å²) in [5, 5.41) is 4.07. The normalized spacial score (nSPS) is 11.3. The highest BCUT2D eigenvalue weighted by Crippen LogP contribution is 2.24. The molecule has 0 saturated carbocycles. The Kier molecular flexibility index (Phi) is 4.58. The monoisotopic (exact) mass is 392 g/mol. The van der Waals surface area contributed by atoms with Gasteiger partial charge in [-0.05, 0) is 49.4 Å². The van der Waals surface area contributed by atoms with Gasteiger partial charge in [0.05, 0.1) is 10.4 Å². The summed E-state index contributed by atoms with van der Waals surface area (Å²) in [4.78, 5) is 16.6. The van der Waals surface area contributed by atoms with Crippen molar-refractivity contribution in [2.45, 2.75) is 11.8 Å². The molecule has 0 atom stereocenters. The zero-order valence-electron chi connectivity index (χ0n) is 14.9. The number of nitrogens with zero attached hydrogens (tertiary/aromatic N) is 4. The summed E-state index contributed by atoms with van der Waals surface area (Å²) in [5.41, 5.74) is 2.19. The second kappa shape index (κ2) is 7.20. The molecule has 0 aliphatic rings. The van der Waals surface area contributed by atoms with E-state index in [2.05, 4.69) is 30.0 Å². The molecule has 0 unspecified atom stereocenters. The number of sulfonamides is 1. The number of hydrogen-bond acceptors (Lipinski definition) is 7. The van der Waals surface area contributed by atoms with E-state index in [0.717, 1.165) is 10.9 Å². The number of para-hydroxylation sites is 1. The third-order valence-corrected chi connectivity index (χ3v) is 5.33. The molecule has 0 fully saturated rings. The molecule has 140 valence electrons. The number of nitrogens with one attached hydrogen (secondary N) is 2. The van der Waals surface area contributed by atoms with Gasteiger partial charge in [0.15, 0.2) is 0 Å². The molecule has 0 aliphatic heterocycles. The van der Waals surface area contributed by atoms with Gasteiger partial charge in [0, 0.05) is 23.0 Å². The van der Waals surface area contributed by atoms with Crippen LogP contribution in [0.3, 0.4) is 0 Å². The molecular formula is C19H16N6O2S. The predicted molar refractivity (Wildman–Crippen MR) is 107 cm³/mol. The van der Waals surface area contributed by atoms with Crippen LogP contribution in [-0.2, 0) is 10.0 Å². The van der Waals surface area contributed by atoms with Gasteiger partial charge in [0.1, 0.15) is 12.1 Å². The van der Waals surface area contributed by atoms with Crippen molar-refractivity contribution < 1.29 is 8.42 Å². The summed E-state index contributed by atoms with van der Waals surface area (Å²) >= 11 is 0. The first kappa shape index (κ1) is 17.8. The van der Waals surface area contributed by atoms with Crippen molar-refractivity contribution in [3.8, 4) is 0 Å². The molecule has 8 nitrogen and oxygen atoms in total. The smallest absolute Gasteiger partial charge is 0.264 e. The fourth-order valence-corrected chi connectivity index (χ4v) is 3.59. The van der Waals surface area contributed by atoms with Gasteiger partial charge in [-0.3, -0.25) is 0 Å². The van der Waals surface area contributed by atoms with E-state index in [1.54, 1.807) is 25.1 Å². The molecular weight excluding hydrogens is 376 g/mol. The van der Waals surface area contributed by atoms with Gasteiger partial charge in [0.25, 0.3) is 10.0 Å². The molecule has 28 heavy (non-hydrogen) atoms. The topological polar surface area (TPSA) is 110 Å². The van der Waals surface area contributed by atoms with Crippen LogP contribution < -0.4 is 10.0 Å². The van der Waals surface area contributed by atoms with Crippen molar-refractivity contribution in [3.05, 3.63) is 72.8 Å². The molecule has 0 radical (unpaired) electrons. The number of fused-ring (bicyclic) bond motifs is 1. The Bertz CT molecular complexity index is 1240. The molecule has 0 spiro atoms. The number of anilines is 3. The lowest BCUT2D eigenvalue weighted by Gasteiger charge is -2.10. The van der Waals surface area contributed by atoms with E-state index in [-0.39, 0.29) is 10.8 Å². The first-order valence-electron chi connectivity index (χ1n) is 8.40. The number of benzene rings is 2. The Morgan fingerprint density at radius 3 is 2.46 bits per heavy atom. The van der Waals surface area contributed by atoms with Crippen LogP contribution in [0.4, 0.5) is 17.5 Å². The second-order valence-electron chi connectivity index (χ2n) is 6.02. The average molecular weight is 392 g/mol. The van der Waals surface area contributed by atoms with Crippen LogP contribution in [0.15, 0.2) is 72.0 Å². The van der Waals surface area contributed by atoms with Crippen LogP contribution in [0, 0.1) is 6.92 Å². The van der Waals surface area contributed by atoms with E-state index in [4.69, 9.17) is 0 Å².